The maximum Gasteiger partial charge on any atom is 0.234 e. The van der Waals surface area contributed by atoms with E-state index in [1.807, 2.05) is 29.7 Å². The van der Waals surface area contributed by atoms with Crippen LogP contribution in [0.25, 0.3) is 5.69 Å². The minimum atomic E-state index is -0.296. The van der Waals surface area contributed by atoms with Crippen LogP contribution in [-0.4, -0.2) is 44.4 Å². The number of carbonyl (C=O) groups excluding carboxylic acids is 1. The number of aryl methyl sites for hydroxylation is 1. The van der Waals surface area contributed by atoms with E-state index in [1.165, 1.54) is 43.2 Å². The predicted molar refractivity (Wildman–Crippen MR) is 133 cm³/mol. The Morgan fingerprint density at radius 1 is 1.15 bits per heavy atom. The van der Waals surface area contributed by atoms with Gasteiger partial charge in [0.1, 0.15) is 5.82 Å². The summed E-state index contributed by atoms with van der Waals surface area (Å²) < 4.78 is 16.5. The summed E-state index contributed by atoms with van der Waals surface area (Å²) in [7, 11) is 0. The van der Waals surface area contributed by atoms with E-state index in [4.69, 9.17) is 0 Å². The van der Waals surface area contributed by atoms with Gasteiger partial charge in [0.25, 0.3) is 0 Å². The van der Waals surface area contributed by atoms with Crippen molar-refractivity contribution in [3.8, 4) is 5.69 Å². The number of benzene rings is 2. The Bertz CT molecular complexity index is 1110. The molecule has 0 saturated carbocycles. The molecule has 6 nitrogen and oxygen atoms in total. The zero-order valence-electron chi connectivity index (χ0n) is 18.7. The van der Waals surface area contributed by atoms with Gasteiger partial charge in [0.2, 0.25) is 5.91 Å². The van der Waals surface area contributed by atoms with Crippen molar-refractivity contribution in [1.29, 1.82) is 0 Å². The van der Waals surface area contributed by atoms with Gasteiger partial charge in [-0.1, -0.05) is 34.1 Å². The molecule has 174 valence electrons. The minimum Gasteiger partial charge on any atom is -0.325 e. The molecule has 1 amide bonds. The van der Waals surface area contributed by atoms with Crippen molar-refractivity contribution in [1.82, 2.24) is 19.7 Å². The number of carbonyl (C=O) groups is 1. The number of piperidine rings is 1. The van der Waals surface area contributed by atoms with Gasteiger partial charge in [-0.05, 0) is 87.8 Å². The number of hydrogen-bond donors (Lipinski definition) is 1. The molecule has 2 aromatic carbocycles. The highest BCUT2D eigenvalue weighted by molar-refractivity contribution is 9.10. The minimum absolute atomic E-state index is 0.0665. The van der Waals surface area contributed by atoms with Gasteiger partial charge >= 0.3 is 0 Å². The standard InChI is InChI=1S/C24H27BrFN5OS/c1-16-14-19(8-11-21(16)25)27-22(32)15-33-24-29-28-23(17(2)30-12-4-3-5-13-30)31(24)20-9-6-18(26)7-10-20/h6-11,14,17H,3-5,12-13,15H2,1-2H3,(H,27,32). The van der Waals surface area contributed by atoms with Crippen LogP contribution in [0.4, 0.5) is 10.1 Å². The summed E-state index contributed by atoms with van der Waals surface area (Å²) in [6, 6.07) is 12.1. The number of hydrogen-bond acceptors (Lipinski definition) is 5. The molecule has 0 spiro atoms. The van der Waals surface area contributed by atoms with Gasteiger partial charge in [-0.3, -0.25) is 14.3 Å². The fourth-order valence-corrected chi connectivity index (χ4v) is 5.00. The van der Waals surface area contributed by atoms with Crippen LogP contribution in [0.5, 0.6) is 0 Å². The van der Waals surface area contributed by atoms with Crippen LogP contribution >= 0.6 is 27.7 Å². The molecule has 1 unspecified atom stereocenters. The van der Waals surface area contributed by atoms with Crippen LogP contribution < -0.4 is 5.32 Å². The van der Waals surface area contributed by atoms with E-state index in [1.54, 1.807) is 12.1 Å². The van der Waals surface area contributed by atoms with E-state index in [0.717, 1.165) is 40.3 Å². The average molecular weight is 532 g/mol. The quantitative estimate of drug-likeness (QED) is 0.393. The number of halogens is 2. The average Bonchev–Trinajstić information content (AvgIpc) is 3.24. The Morgan fingerprint density at radius 2 is 1.88 bits per heavy atom. The number of aromatic nitrogens is 3. The highest BCUT2D eigenvalue weighted by atomic mass is 79.9. The SMILES string of the molecule is Cc1cc(NC(=O)CSc2nnc(C(C)N3CCCCC3)n2-c2ccc(F)cc2)ccc1Br. The van der Waals surface area contributed by atoms with E-state index in [-0.39, 0.29) is 23.5 Å². The maximum absolute atomic E-state index is 13.6. The molecule has 1 aliphatic rings. The van der Waals surface area contributed by atoms with Crippen molar-refractivity contribution in [3.05, 3.63) is 64.1 Å². The second-order valence-corrected chi connectivity index (χ2v) is 10.0. The lowest BCUT2D eigenvalue weighted by Gasteiger charge is -2.31. The molecule has 1 aliphatic heterocycles. The topological polar surface area (TPSA) is 63.1 Å². The Hall–Kier alpha value is -2.23. The number of nitrogens with zero attached hydrogens (tertiary/aromatic N) is 4. The largest absolute Gasteiger partial charge is 0.325 e. The number of amides is 1. The smallest absolute Gasteiger partial charge is 0.234 e. The number of rotatable bonds is 7. The fourth-order valence-electron chi connectivity index (χ4n) is 4.00. The first-order chi connectivity index (χ1) is 15.9. The molecule has 3 aromatic rings. The number of nitrogens with one attached hydrogen (secondary N) is 1. The maximum atomic E-state index is 13.6. The van der Waals surface area contributed by atoms with Crippen LogP contribution in [0.15, 0.2) is 52.1 Å². The van der Waals surface area contributed by atoms with Crippen molar-refractivity contribution >= 4 is 39.3 Å². The third kappa shape index (κ3) is 5.83. The zero-order valence-corrected chi connectivity index (χ0v) is 21.1. The van der Waals surface area contributed by atoms with E-state index < -0.39 is 0 Å². The van der Waals surface area contributed by atoms with Crippen LogP contribution in [0.1, 0.15) is 43.6 Å². The Morgan fingerprint density at radius 3 is 2.58 bits per heavy atom. The van der Waals surface area contributed by atoms with Gasteiger partial charge in [0.05, 0.1) is 11.8 Å². The summed E-state index contributed by atoms with van der Waals surface area (Å²) in [4.78, 5) is 15.0. The number of anilines is 1. The predicted octanol–water partition coefficient (Wildman–Crippen LogP) is 5.76. The highest BCUT2D eigenvalue weighted by Crippen LogP contribution is 2.29. The van der Waals surface area contributed by atoms with Gasteiger partial charge < -0.3 is 5.32 Å². The third-order valence-electron chi connectivity index (χ3n) is 5.83. The molecule has 33 heavy (non-hydrogen) atoms. The Balaban J connectivity index is 1.54. The monoisotopic (exact) mass is 531 g/mol. The molecule has 4 rings (SSSR count). The van der Waals surface area contributed by atoms with Crippen LogP contribution in [0.2, 0.25) is 0 Å². The lowest BCUT2D eigenvalue weighted by Crippen LogP contribution is -2.33. The summed E-state index contributed by atoms with van der Waals surface area (Å²) in [6.45, 7) is 6.15. The first-order valence-electron chi connectivity index (χ1n) is 11.1. The molecule has 1 N–H and O–H groups in total. The summed E-state index contributed by atoms with van der Waals surface area (Å²) >= 11 is 4.79. The molecule has 2 heterocycles. The van der Waals surface area contributed by atoms with Crippen LogP contribution in [0, 0.1) is 12.7 Å². The van der Waals surface area contributed by atoms with Crippen LogP contribution in [-0.2, 0) is 4.79 Å². The molecule has 1 saturated heterocycles. The van der Waals surface area contributed by atoms with E-state index >= 15 is 0 Å². The van der Waals surface area contributed by atoms with E-state index in [9.17, 15) is 9.18 Å². The second-order valence-electron chi connectivity index (χ2n) is 8.23. The van der Waals surface area contributed by atoms with Crippen LogP contribution in [0.3, 0.4) is 0 Å². The third-order valence-corrected chi connectivity index (χ3v) is 7.65. The summed E-state index contributed by atoms with van der Waals surface area (Å²) in [5.41, 5.74) is 2.58. The summed E-state index contributed by atoms with van der Waals surface area (Å²) in [5, 5.41) is 12.4. The van der Waals surface area contributed by atoms with Crippen molar-refractivity contribution < 1.29 is 9.18 Å². The van der Waals surface area contributed by atoms with Crippen molar-refractivity contribution in [3.63, 3.8) is 0 Å². The first-order valence-corrected chi connectivity index (χ1v) is 12.8. The van der Waals surface area contributed by atoms with Crippen molar-refractivity contribution in [2.45, 2.75) is 44.3 Å². The highest BCUT2D eigenvalue weighted by Gasteiger charge is 2.25. The molecule has 1 atom stereocenters. The molecule has 9 heteroatoms. The van der Waals surface area contributed by atoms with E-state index in [0.29, 0.717) is 5.16 Å². The Labute approximate surface area is 206 Å². The Kier molecular flexibility index (Phi) is 7.82. The number of thioether (sulfide) groups is 1. The molecule has 1 fully saturated rings. The normalized spacial score (nSPS) is 15.4. The van der Waals surface area contributed by atoms with E-state index in [2.05, 4.69) is 43.3 Å². The van der Waals surface area contributed by atoms with Crippen molar-refractivity contribution in [2.24, 2.45) is 0 Å². The van der Waals surface area contributed by atoms with Gasteiger partial charge in [0, 0.05) is 15.8 Å². The fraction of sp³-hybridized carbons (Fsp3) is 0.375. The number of likely N-dealkylation sites (tertiary alicyclic amines) is 1. The zero-order chi connectivity index (χ0) is 23.4. The van der Waals surface area contributed by atoms with Gasteiger partial charge in [-0.2, -0.15) is 0 Å². The first kappa shape index (κ1) is 23.9. The molecule has 1 aromatic heterocycles. The lowest BCUT2D eigenvalue weighted by atomic mass is 10.1. The lowest BCUT2D eigenvalue weighted by molar-refractivity contribution is -0.113. The summed E-state index contributed by atoms with van der Waals surface area (Å²) in [6.07, 6.45) is 3.60. The molecular weight excluding hydrogens is 505 g/mol. The second kappa shape index (κ2) is 10.8. The van der Waals surface area contributed by atoms with Gasteiger partial charge in [-0.15, -0.1) is 10.2 Å². The van der Waals surface area contributed by atoms with Crippen molar-refractivity contribution in [2.75, 3.05) is 24.2 Å². The molecule has 0 radical (unpaired) electrons. The van der Waals surface area contributed by atoms with Gasteiger partial charge in [0.15, 0.2) is 11.0 Å². The molecule has 0 aliphatic carbocycles. The molecule has 0 bridgehead atoms. The summed E-state index contributed by atoms with van der Waals surface area (Å²) in [5.74, 6) is 0.568. The van der Waals surface area contributed by atoms with Gasteiger partial charge in [-0.25, -0.2) is 4.39 Å². The molecular formula is C24H27BrFN5OS.